The first kappa shape index (κ1) is 12.2. The number of ether oxygens (including phenoxy) is 1. The molecule has 0 heterocycles. The zero-order chi connectivity index (χ0) is 10.3. The molecule has 4 nitrogen and oxygen atoms in total. The van der Waals surface area contributed by atoms with E-state index in [2.05, 4.69) is 4.74 Å². The van der Waals surface area contributed by atoms with Crippen molar-refractivity contribution in [1.82, 2.24) is 0 Å². The predicted octanol–water partition coefficient (Wildman–Crippen LogP) is 0.821. The Labute approximate surface area is 81.0 Å². The standard InChI is InChI=1S/C8H12O4S/c1-6(10)8(13-5-9)3-4-12-7(2)11/h5,8H,3-4H2,1-2H3. The van der Waals surface area contributed by atoms with Crippen molar-refractivity contribution in [3.8, 4) is 0 Å². The third-order valence-corrected chi connectivity index (χ3v) is 2.37. The van der Waals surface area contributed by atoms with E-state index >= 15 is 0 Å². The lowest BCUT2D eigenvalue weighted by Crippen LogP contribution is -2.17. The Kier molecular flexibility index (Phi) is 6.22. The maximum absolute atomic E-state index is 10.9. The molecule has 1 atom stereocenters. The van der Waals surface area contributed by atoms with Gasteiger partial charge >= 0.3 is 5.97 Å². The van der Waals surface area contributed by atoms with E-state index in [-0.39, 0.29) is 18.4 Å². The average molecular weight is 204 g/mol. The Balaban J connectivity index is 3.75. The summed E-state index contributed by atoms with van der Waals surface area (Å²) in [6.07, 6.45) is 0.387. The largest absolute Gasteiger partial charge is 0.466 e. The van der Waals surface area contributed by atoms with Crippen molar-refractivity contribution in [1.29, 1.82) is 0 Å². The summed E-state index contributed by atoms with van der Waals surface area (Å²) < 4.78 is 4.65. The number of rotatable bonds is 6. The van der Waals surface area contributed by atoms with Crippen molar-refractivity contribution in [2.45, 2.75) is 25.5 Å². The highest BCUT2D eigenvalue weighted by molar-refractivity contribution is 8.13. The summed E-state index contributed by atoms with van der Waals surface area (Å²) in [6.45, 7) is 2.89. The number of hydrogen-bond donors (Lipinski definition) is 0. The fourth-order valence-corrected chi connectivity index (χ4v) is 1.30. The lowest BCUT2D eigenvalue weighted by molar-refractivity contribution is -0.141. The number of esters is 1. The SMILES string of the molecule is CC(=O)OCCC(SC=O)C(C)=O. The molecule has 0 N–H and O–H groups in total. The molecule has 0 aromatic heterocycles. The number of thioether (sulfide) groups is 1. The lowest BCUT2D eigenvalue weighted by atomic mass is 10.2. The zero-order valence-corrected chi connectivity index (χ0v) is 8.43. The summed E-state index contributed by atoms with van der Waals surface area (Å²) in [5.41, 5.74) is 0.625. The van der Waals surface area contributed by atoms with E-state index < -0.39 is 5.25 Å². The maximum atomic E-state index is 10.9. The van der Waals surface area contributed by atoms with Gasteiger partial charge in [0.25, 0.3) is 0 Å². The van der Waals surface area contributed by atoms with Crippen LogP contribution in [0.15, 0.2) is 0 Å². The zero-order valence-electron chi connectivity index (χ0n) is 7.61. The van der Waals surface area contributed by atoms with Crippen LogP contribution >= 0.6 is 11.8 Å². The fourth-order valence-electron chi connectivity index (χ4n) is 0.744. The molecule has 0 fully saturated rings. The third kappa shape index (κ3) is 6.33. The van der Waals surface area contributed by atoms with Gasteiger partial charge in [-0.1, -0.05) is 11.8 Å². The third-order valence-electron chi connectivity index (χ3n) is 1.36. The smallest absolute Gasteiger partial charge is 0.302 e. The van der Waals surface area contributed by atoms with E-state index in [0.29, 0.717) is 12.0 Å². The molecule has 5 heteroatoms. The van der Waals surface area contributed by atoms with Crippen LogP contribution in [0.25, 0.3) is 0 Å². The van der Waals surface area contributed by atoms with Gasteiger partial charge in [-0.3, -0.25) is 14.4 Å². The van der Waals surface area contributed by atoms with Crippen LogP contribution in [0, 0.1) is 0 Å². The molecule has 0 aliphatic heterocycles. The molecule has 0 bridgehead atoms. The van der Waals surface area contributed by atoms with Gasteiger partial charge in [0.15, 0.2) is 5.62 Å². The van der Waals surface area contributed by atoms with Crippen molar-refractivity contribution in [3.05, 3.63) is 0 Å². The van der Waals surface area contributed by atoms with Crippen molar-refractivity contribution in [3.63, 3.8) is 0 Å². The summed E-state index contributed by atoms with van der Waals surface area (Å²) >= 11 is 0.915. The fraction of sp³-hybridized carbons (Fsp3) is 0.625. The van der Waals surface area contributed by atoms with Gasteiger partial charge in [-0.2, -0.15) is 0 Å². The van der Waals surface area contributed by atoms with Crippen LogP contribution in [0.1, 0.15) is 20.3 Å². The van der Waals surface area contributed by atoms with Crippen molar-refractivity contribution >= 4 is 29.1 Å². The monoisotopic (exact) mass is 204 g/mol. The minimum absolute atomic E-state index is 0.0794. The van der Waals surface area contributed by atoms with Gasteiger partial charge in [0.2, 0.25) is 0 Å². The molecule has 13 heavy (non-hydrogen) atoms. The summed E-state index contributed by atoms with van der Waals surface area (Å²) in [4.78, 5) is 31.4. The van der Waals surface area contributed by atoms with Gasteiger partial charge < -0.3 is 4.74 Å². The summed E-state index contributed by atoms with van der Waals surface area (Å²) in [5.74, 6) is -0.456. The molecule has 1 unspecified atom stereocenters. The molecule has 0 aromatic rings. The Morgan fingerprint density at radius 2 is 2.08 bits per heavy atom. The van der Waals surface area contributed by atoms with Gasteiger partial charge in [-0.25, -0.2) is 0 Å². The quantitative estimate of drug-likeness (QED) is 0.473. The molecule has 0 amide bonds. The first-order valence-electron chi connectivity index (χ1n) is 3.81. The van der Waals surface area contributed by atoms with Gasteiger partial charge in [-0.05, 0) is 6.92 Å². The van der Waals surface area contributed by atoms with Crippen LogP contribution in [0.2, 0.25) is 0 Å². The molecule has 0 aliphatic rings. The van der Waals surface area contributed by atoms with Gasteiger partial charge in [0, 0.05) is 13.3 Å². The highest BCUT2D eigenvalue weighted by Gasteiger charge is 2.14. The molecular weight excluding hydrogens is 192 g/mol. The second kappa shape index (κ2) is 6.65. The number of carbonyl (C=O) groups excluding carboxylic acids is 3. The summed E-state index contributed by atoms with van der Waals surface area (Å²) in [5, 5.41) is -0.392. The Bertz CT molecular complexity index is 202. The van der Waals surface area contributed by atoms with Crippen LogP contribution in [-0.2, 0) is 19.1 Å². The predicted molar refractivity (Wildman–Crippen MR) is 50.1 cm³/mol. The molecule has 0 radical (unpaired) electrons. The molecular formula is C8H12O4S. The van der Waals surface area contributed by atoms with E-state index in [1.807, 2.05) is 0 Å². The van der Waals surface area contributed by atoms with Gasteiger partial charge in [0.1, 0.15) is 5.78 Å². The second-order valence-corrected chi connectivity index (χ2v) is 3.49. The highest BCUT2D eigenvalue weighted by atomic mass is 32.2. The van der Waals surface area contributed by atoms with Crippen LogP contribution in [0.3, 0.4) is 0 Å². The Morgan fingerprint density at radius 1 is 1.46 bits per heavy atom. The van der Waals surface area contributed by atoms with Crippen molar-refractivity contribution in [2.24, 2.45) is 0 Å². The molecule has 0 aromatic carbocycles. The lowest BCUT2D eigenvalue weighted by Gasteiger charge is -2.08. The molecule has 0 rings (SSSR count). The highest BCUT2D eigenvalue weighted by Crippen LogP contribution is 2.12. The van der Waals surface area contributed by atoms with E-state index in [1.54, 1.807) is 0 Å². The molecule has 0 spiro atoms. The first-order valence-corrected chi connectivity index (χ1v) is 4.75. The van der Waals surface area contributed by atoms with Crippen molar-refractivity contribution < 1.29 is 19.1 Å². The number of Topliss-reactive ketones (excluding diaryl/α,β-unsaturated/α-hetero) is 1. The van der Waals surface area contributed by atoms with Crippen LogP contribution in [-0.4, -0.2) is 29.2 Å². The summed E-state index contributed by atoms with van der Waals surface area (Å²) in [7, 11) is 0. The topological polar surface area (TPSA) is 60.4 Å². The van der Waals surface area contributed by atoms with Crippen LogP contribution < -0.4 is 0 Å². The minimum Gasteiger partial charge on any atom is -0.466 e. The second-order valence-electron chi connectivity index (χ2n) is 2.46. The van der Waals surface area contributed by atoms with E-state index in [1.165, 1.54) is 13.8 Å². The average Bonchev–Trinajstić information content (AvgIpc) is 2.02. The molecule has 0 saturated heterocycles. The van der Waals surface area contributed by atoms with Crippen LogP contribution in [0.4, 0.5) is 0 Å². The van der Waals surface area contributed by atoms with Crippen molar-refractivity contribution in [2.75, 3.05) is 6.61 Å². The molecule has 0 saturated carbocycles. The number of carbonyl (C=O) groups is 3. The first-order chi connectivity index (χ1) is 6.07. The minimum atomic E-state index is -0.392. The normalized spacial score (nSPS) is 11.8. The Morgan fingerprint density at radius 3 is 2.46 bits per heavy atom. The Hall–Kier alpha value is -0.840. The number of hydrogen-bond acceptors (Lipinski definition) is 5. The molecule has 74 valence electrons. The molecule has 0 aliphatic carbocycles. The van der Waals surface area contributed by atoms with Crippen LogP contribution in [0.5, 0.6) is 0 Å². The maximum Gasteiger partial charge on any atom is 0.302 e. The van der Waals surface area contributed by atoms with Gasteiger partial charge in [0.05, 0.1) is 11.9 Å². The number of ketones is 1. The van der Waals surface area contributed by atoms with E-state index in [9.17, 15) is 14.4 Å². The summed E-state index contributed by atoms with van der Waals surface area (Å²) in [6, 6.07) is 0. The van der Waals surface area contributed by atoms with Gasteiger partial charge in [-0.15, -0.1) is 0 Å². The van der Waals surface area contributed by atoms with E-state index in [0.717, 1.165) is 11.8 Å². The van der Waals surface area contributed by atoms with E-state index in [4.69, 9.17) is 0 Å².